The van der Waals surface area contributed by atoms with E-state index >= 15 is 0 Å². The van der Waals surface area contributed by atoms with Crippen LogP contribution < -0.4 is 0 Å². The molecule has 0 N–H and O–H groups in total. The van der Waals surface area contributed by atoms with E-state index in [1.807, 2.05) is 0 Å². The summed E-state index contributed by atoms with van der Waals surface area (Å²) in [6, 6.07) is 2.03. The van der Waals surface area contributed by atoms with Crippen molar-refractivity contribution < 1.29 is 22.7 Å². The molecule has 0 fully saturated rings. The second-order valence-electron chi connectivity index (χ2n) is 4.30. The lowest BCUT2D eigenvalue weighted by molar-refractivity contribution is 0.0592. The normalized spacial score (nSPS) is 10.9. The van der Waals surface area contributed by atoms with Crippen molar-refractivity contribution in [3.8, 4) is 11.3 Å². The number of carbonyl (C=O) groups excluding carboxylic acids is 1. The van der Waals surface area contributed by atoms with E-state index in [2.05, 4.69) is 30.6 Å². The van der Waals surface area contributed by atoms with E-state index in [0.717, 1.165) is 25.4 Å². The third-order valence-electron chi connectivity index (χ3n) is 2.97. The number of hydrogen-bond donors (Lipinski definition) is 0. The second kappa shape index (κ2) is 7.27. The van der Waals surface area contributed by atoms with E-state index in [1.54, 1.807) is 0 Å². The highest BCUT2D eigenvalue weighted by Crippen LogP contribution is 2.35. The van der Waals surface area contributed by atoms with Crippen molar-refractivity contribution in [3.05, 3.63) is 46.1 Å². The molecule has 0 saturated heterocycles. The number of aromatic nitrogens is 2. The van der Waals surface area contributed by atoms with Gasteiger partial charge in [0.2, 0.25) is 0 Å². The number of nitrogens with zero attached hydrogens (tertiary/aromatic N) is 2. The Bertz CT molecular complexity index is 759. The third kappa shape index (κ3) is 3.48. The molecule has 1 heterocycles. The van der Waals surface area contributed by atoms with Gasteiger partial charge in [-0.05, 0) is 6.07 Å². The van der Waals surface area contributed by atoms with Crippen LogP contribution in [0.15, 0.2) is 18.3 Å². The molecule has 0 atom stereocenters. The van der Waals surface area contributed by atoms with Crippen molar-refractivity contribution in [2.75, 3.05) is 7.11 Å². The first-order valence-corrected chi connectivity index (χ1v) is 7.67. The van der Waals surface area contributed by atoms with Crippen LogP contribution in [0.25, 0.3) is 11.3 Å². The molecule has 122 valence electrons. The Morgan fingerprint density at radius 3 is 2.70 bits per heavy atom. The molecule has 0 amide bonds. The minimum Gasteiger partial charge on any atom is -0.464 e. The van der Waals surface area contributed by atoms with Gasteiger partial charge in [0.1, 0.15) is 0 Å². The van der Waals surface area contributed by atoms with Gasteiger partial charge in [-0.25, -0.2) is 22.9 Å². The van der Waals surface area contributed by atoms with Crippen LogP contribution in [0.1, 0.15) is 28.2 Å². The van der Waals surface area contributed by atoms with Gasteiger partial charge in [0, 0.05) is 16.5 Å². The van der Waals surface area contributed by atoms with Gasteiger partial charge in [0.05, 0.1) is 29.7 Å². The standard InChI is InChI=1S/C14H9BrClF3N2O2/c1-23-14(22)12-8(4-15)20-5-9(21-12)10-6(13(18)19)2-3-7(16)11(10)17/h2-3,5,13H,4H2,1H3. The predicted molar refractivity (Wildman–Crippen MR) is 81.4 cm³/mol. The summed E-state index contributed by atoms with van der Waals surface area (Å²) in [7, 11) is 1.14. The molecule has 0 aliphatic carbocycles. The van der Waals surface area contributed by atoms with E-state index < -0.39 is 29.3 Å². The Hall–Kier alpha value is -1.67. The fraction of sp³-hybridized carbons (Fsp3) is 0.214. The number of benzene rings is 1. The molecule has 1 aromatic heterocycles. The fourth-order valence-corrected chi connectivity index (χ4v) is 2.47. The highest BCUT2D eigenvalue weighted by molar-refractivity contribution is 9.08. The maximum absolute atomic E-state index is 14.2. The average Bonchev–Trinajstić information content (AvgIpc) is 2.55. The zero-order valence-corrected chi connectivity index (χ0v) is 14.0. The zero-order chi connectivity index (χ0) is 17.1. The molecular formula is C14H9BrClF3N2O2. The summed E-state index contributed by atoms with van der Waals surface area (Å²) in [6.45, 7) is 0. The van der Waals surface area contributed by atoms with Crippen LogP contribution in [-0.4, -0.2) is 23.0 Å². The van der Waals surface area contributed by atoms with E-state index in [9.17, 15) is 18.0 Å². The minimum atomic E-state index is -2.95. The molecule has 2 rings (SSSR count). The number of halogens is 5. The Morgan fingerprint density at radius 1 is 1.43 bits per heavy atom. The van der Waals surface area contributed by atoms with Gasteiger partial charge in [0.25, 0.3) is 6.43 Å². The second-order valence-corrected chi connectivity index (χ2v) is 5.27. The molecule has 0 unspecified atom stereocenters. The highest BCUT2D eigenvalue weighted by atomic mass is 79.9. The van der Waals surface area contributed by atoms with Crippen LogP contribution in [0, 0.1) is 5.82 Å². The lowest BCUT2D eigenvalue weighted by Gasteiger charge is -2.12. The fourth-order valence-electron chi connectivity index (χ4n) is 1.90. The molecule has 0 spiro atoms. The van der Waals surface area contributed by atoms with Crippen LogP contribution in [0.4, 0.5) is 13.2 Å². The van der Waals surface area contributed by atoms with Crippen molar-refractivity contribution in [3.63, 3.8) is 0 Å². The molecule has 4 nitrogen and oxygen atoms in total. The van der Waals surface area contributed by atoms with Gasteiger partial charge in [-0.1, -0.05) is 33.6 Å². The third-order valence-corrected chi connectivity index (χ3v) is 3.79. The number of hydrogen-bond acceptors (Lipinski definition) is 4. The van der Waals surface area contributed by atoms with Crippen LogP contribution in [0.2, 0.25) is 5.02 Å². The molecule has 23 heavy (non-hydrogen) atoms. The van der Waals surface area contributed by atoms with Crippen molar-refractivity contribution >= 4 is 33.5 Å². The van der Waals surface area contributed by atoms with Crippen molar-refractivity contribution in [1.82, 2.24) is 9.97 Å². The van der Waals surface area contributed by atoms with E-state index in [4.69, 9.17) is 11.6 Å². The summed E-state index contributed by atoms with van der Waals surface area (Å²) < 4.78 is 45.1. The first kappa shape index (κ1) is 17.7. The summed E-state index contributed by atoms with van der Waals surface area (Å²) >= 11 is 8.79. The molecule has 1 aromatic carbocycles. The molecule has 0 saturated carbocycles. The summed E-state index contributed by atoms with van der Waals surface area (Å²) in [4.78, 5) is 19.6. The van der Waals surface area contributed by atoms with Gasteiger partial charge < -0.3 is 4.74 Å². The molecule has 0 aliphatic rings. The van der Waals surface area contributed by atoms with Gasteiger partial charge in [0.15, 0.2) is 11.5 Å². The quantitative estimate of drug-likeness (QED) is 0.549. The van der Waals surface area contributed by atoms with Gasteiger partial charge in [-0.3, -0.25) is 4.98 Å². The van der Waals surface area contributed by atoms with Gasteiger partial charge in [-0.15, -0.1) is 0 Å². The van der Waals surface area contributed by atoms with Gasteiger partial charge in [-0.2, -0.15) is 0 Å². The monoisotopic (exact) mass is 408 g/mol. The maximum atomic E-state index is 14.2. The van der Waals surface area contributed by atoms with Crippen LogP contribution in [0.3, 0.4) is 0 Å². The number of carbonyl (C=O) groups is 1. The minimum absolute atomic E-state index is 0.185. The van der Waals surface area contributed by atoms with E-state index in [-0.39, 0.29) is 27.4 Å². The smallest absolute Gasteiger partial charge is 0.358 e. The molecule has 0 aliphatic heterocycles. The maximum Gasteiger partial charge on any atom is 0.358 e. The zero-order valence-electron chi connectivity index (χ0n) is 11.6. The van der Waals surface area contributed by atoms with E-state index in [0.29, 0.717) is 0 Å². The average molecular weight is 410 g/mol. The van der Waals surface area contributed by atoms with Crippen LogP contribution >= 0.6 is 27.5 Å². The Kier molecular flexibility index (Phi) is 5.59. The summed E-state index contributed by atoms with van der Waals surface area (Å²) in [5, 5.41) is -0.153. The summed E-state index contributed by atoms with van der Waals surface area (Å²) in [5.74, 6) is -1.86. The molecule has 0 radical (unpaired) electrons. The summed E-state index contributed by atoms with van der Waals surface area (Å²) in [6.07, 6.45) is -1.85. The summed E-state index contributed by atoms with van der Waals surface area (Å²) in [5.41, 5.74) is -1.27. The number of methoxy groups -OCH3 is 1. The van der Waals surface area contributed by atoms with E-state index in [1.165, 1.54) is 0 Å². The van der Waals surface area contributed by atoms with Crippen molar-refractivity contribution in [2.45, 2.75) is 11.8 Å². The van der Waals surface area contributed by atoms with Crippen LogP contribution in [-0.2, 0) is 10.1 Å². The number of esters is 1. The first-order chi connectivity index (χ1) is 10.9. The topological polar surface area (TPSA) is 52.1 Å². The largest absolute Gasteiger partial charge is 0.464 e. The Morgan fingerprint density at radius 2 is 2.13 bits per heavy atom. The number of alkyl halides is 3. The Labute approximate surface area is 142 Å². The number of ether oxygens (including phenoxy) is 1. The van der Waals surface area contributed by atoms with Crippen molar-refractivity contribution in [1.29, 1.82) is 0 Å². The SMILES string of the molecule is COC(=O)c1nc(-c2c(C(F)F)ccc(Cl)c2F)cnc1CBr. The lowest BCUT2D eigenvalue weighted by atomic mass is 10.0. The van der Waals surface area contributed by atoms with Crippen molar-refractivity contribution in [2.24, 2.45) is 0 Å². The molecular weight excluding hydrogens is 401 g/mol. The number of rotatable bonds is 4. The first-order valence-electron chi connectivity index (χ1n) is 6.17. The highest BCUT2D eigenvalue weighted by Gasteiger charge is 2.24. The van der Waals surface area contributed by atoms with Gasteiger partial charge >= 0.3 is 5.97 Å². The predicted octanol–water partition coefficient (Wildman–Crippen LogP) is 4.56. The molecule has 2 aromatic rings. The van der Waals surface area contributed by atoms with Crippen LogP contribution in [0.5, 0.6) is 0 Å². The Balaban J connectivity index is 2.72. The molecule has 9 heteroatoms. The lowest BCUT2D eigenvalue weighted by Crippen LogP contribution is -2.11. The molecule has 0 bridgehead atoms.